The molecular formula is C53H94Ge7Sb6. The van der Waals surface area contributed by atoms with Crippen molar-refractivity contribution < 1.29 is 0 Å². The van der Waals surface area contributed by atoms with E-state index in [1.807, 2.05) is 18.2 Å². The van der Waals surface area contributed by atoms with Crippen LogP contribution in [0, 0.1) is 0 Å². The van der Waals surface area contributed by atoms with Crippen LogP contribution < -0.4 is 17.6 Å². The van der Waals surface area contributed by atoms with Gasteiger partial charge in [0.05, 0.1) is 0 Å². The molecule has 0 saturated heterocycles. The van der Waals surface area contributed by atoms with Gasteiger partial charge in [-0.05, 0) is 0 Å². The van der Waals surface area contributed by atoms with Crippen LogP contribution in [0.1, 0.15) is 0 Å². The van der Waals surface area contributed by atoms with Crippen LogP contribution in [-0.4, -0.2) is 237 Å². The Hall–Kier alpha value is 4.81. The van der Waals surface area contributed by atoms with Crippen molar-refractivity contribution in [1.82, 2.24) is 0 Å². The molecule has 5 aromatic carbocycles. The quantitative estimate of drug-likeness (QED) is 0.157. The Morgan fingerprint density at radius 1 is 0.318 bits per heavy atom. The molecular weight excluding hydrogens is 1880 g/mol. The minimum absolute atomic E-state index is 0. The fraction of sp³-hybridized carbons (Fsp3) is 0.434. The van der Waals surface area contributed by atoms with Gasteiger partial charge in [-0.15, -0.1) is 0 Å². The maximum atomic E-state index is 2.33. The molecule has 0 N–H and O–H groups in total. The van der Waals surface area contributed by atoms with Crippen molar-refractivity contribution in [3.8, 4) is 0 Å². The predicted octanol–water partition coefficient (Wildman–Crippen LogP) is 12.8. The van der Waals surface area contributed by atoms with Crippen LogP contribution in [0.5, 0.6) is 0 Å². The summed E-state index contributed by atoms with van der Waals surface area (Å²) < 4.78 is 7.45. The van der Waals surface area contributed by atoms with Crippen molar-refractivity contribution in [2.24, 2.45) is 0 Å². The Kier molecular flexibility index (Phi) is 98.1. The first-order valence-electron chi connectivity index (χ1n) is 22.0. The van der Waals surface area contributed by atoms with Gasteiger partial charge in [-0.2, -0.15) is 0 Å². The van der Waals surface area contributed by atoms with Gasteiger partial charge in [-0.3, -0.25) is 0 Å². The molecule has 0 aliphatic heterocycles. The summed E-state index contributed by atoms with van der Waals surface area (Å²) in [5, 5.41) is 0. The molecule has 5 aromatic rings. The van der Waals surface area contributed by atoms with Crippen LogP contribution in [0.15, 0.2) is 152 Å². The van der Waals surface area contributed by atoms with E-state index < -0.39 is 0 Å². The molecule has 0 nitrogen and oxygen atoms in total. The fourth-order valence-electron chi connectivity index (χ4n) is 2.74. The molecule has 5 rings (SSSR count). The Morgan fingerprint density at radius 2 is 0.424 bits per heavy atom. The molecule has 0 heterocycles. The summed E-state index contributed by atoms with van der Waals surface area (Å²) in [6.45, 7) is 0. The second-order valence-corrected chi connectivity index (χ2v) is 67.9. The molecule has 0 spiro atoms. The van der Waals surface area contributed by atoms with Gasteiger partial charge in [-0.25, -0.2) is 0 Å². The van der Waals surface area contributed by atoms with Crippen LogP contribution in [0.2, 0.25) is 130 Å². The van der Waals surface area contributed by atoms with Crippen molar-refractivity contribution in [2.45, 2.75) is 130 Å². The van der Waals surface area contributed by atoms with Crippen LogP contribution in [-0.2, 0) is 0 Å². The van der Waals surface area contributed by atoms with Crippen LogP contribution in [0.25, 0.3) is 0 Å². The summed E-state index contributed by atoms with van der Waals surface area (Å²) in [5.74, 6) is 46.5. The second-order valence-electron chi connectivity index (χ2n) is 16.8. The molecule has 364 valence electrons. The molecule has 0 fully saturated rings. The second kappa shape index (κ2) is 74.1. The molecule has 0 atom stereocenters. The zero-order valence-electron chi connectivity index (χ0n) is 46.1. The van der Waals surface area contributed by atoms with E-state index >= 15 is 0 Å². The number of hydrogen-bond donors (Lipinski definition) is 0. The zero-order valence-corrected chi connectivity index (χ0v) is 76.1. The average molecular weight is 1970 g/mol. The summed E-state index contributed by atoms with van der Waals surface area (Å²) in [6, 6.07) is 53.4. The van der Waals surface area contributed by atoms with Gasteiger partial charge in [0.25, 0.3) is 0 Å². The van der Waals surface area contributed by atoms with Crippen molar-refractivity contribution in [3.05, 3.63) is 152 Å². The first-order valence-corrected chi connectivity index (χ1v) is 78.0. The van der Waals surface area contributed by atoms with E-state index in [0.29, 0.717) is 37.0 Å². The van der Waals surface area contributed by atoms with Gasteiger partial charge in [0, 0.05) is 24.4 Å². The van der Waals surface area contributed by atoms with Crippen LogP contribution in [0.4, 0.5) is 0 Å². The third-order valence-corrected chi connectivity index (χ3v) is 11.5. The van der Waals surface area contributed by atoms with Gasteiger partial charge in [-0.1, -0.05) is 0 Å². The van der Waals surface area contributed by atoms with E-state index in [4.69, 9.17) is 0 Å². The monoisotopic (exact) mass is 1970 g/mol. The van der Waals surface area contributed by atoms with E-state index in [1.54, 1.807) is 46.0 Å². The van der Waals surface area contributed by atoms with Crippen molar-refractivity contribution in [1.29, 1.82) is 0 Å². The first-order chi connectivity index (χ1) is 30.5. The molecule has 0 unspecified atom stereocenters. The number of benzene rings is 5. The summed E-state index contributed by atoms with van der Waals surface area (Å²) in [6.07, 6.45) is 0. The third-order valence-electron chi connectivity index (χ3n) is 4.30. The van der Waals surface area contributed by atoms with E-state index in [1.165, 1.54) is 17.6 Å². The van der Waals surface area contributed by atoms with Crippen molar-refractivity contribution in [3.63, 3.8) is 0 Å². The van der Waals surface area contributed by atoms with Crippen LogP contribution in [0.3, 0.4) is 0 Å². The van der Waals surface area contributed by atoms with Gasteiger partial charge in [0.1, 0.15) is 0 Å². The van der Waals surface area contributed by atoms with Crippen LogP contribution >= 0.6 is 0 Å². The summed E-state index contributed by atoms with van der Waals surface area (Å²) in [4.78, 5) is 6.60. The molecule has 0 aliphatic carbocycles. The molecule has 0 amide bonds. The molecule has 66 heavy (non-hydrogen) atoms. The zero-order chi connectivity index (χ0) is 51.9. The first kappa shape index (κ1) is 87.5. The van der Waals surface area contributed by atoms with Crippen molar-refractivity contribution in [2.75, 3.05) is 0 Å². The SMILES string of the molecule is [CH3][Ge]([CH3])[CH3].[CH3][Ge]([CH3])[CH3].[CH3][Ge]([CH3])[CH3].[CH3][Ge]([CH3])[CH3].[CH3][Ge]([CH3])[CH3].[CH3][Ge]([CH3])[CH3].[CH3][Ge][CH3].[CH3][Sb].[CH3][Sb][CH3].[Sb].[Sb][c]1ccccc1.c1cc[c]([Sb][c]2ccccc2)cc1.c1cc[c]([Sb][c]2ccccc2)cc1. The van der Waals surface area contributed by atoms with Crippen molar-refractivity contribution >= 4 is 254 Å². The molecule has 0 bridgehead atoms. The summed E-state index contributed by atoms with van der Waals surface area (Å²) >= 11 is 1.69. The maximum absolute atomic E-state index is 2.33. The Balaban J connectivity index is -0.0000000983. The minimum atomic E-state index is -0.335. The number of hydrogen-bond acceptors (Lipinski definition) is 0. The van der Waals surface area contributed by atoms with Gasteiger partial charge in [0.2, 0.25) is 0 Å². The molecule has 13 heteroatoms. The molecule has 0 saturated carbocycles. The molecule has 0 aliphatic rings. The van der Waals surface area contributed by atoms with E-state index in [-0.39, 0.29) is 154 Å². The summed E-state index contributed by atoms with van der Waals surface area (Å²) in [5.41, 5.74) is 0. The average Bonchev–Trinajstić information content (AvgIpc) is 3.21. The molecule has 0 aromatic heterocycles. The summed E-state index contributed by atoms with van der Waals surface area (Å²) in [7, 11) is 0. The van der Waals surface area contributed by atoms with Gasteiger partial charge in [0.15, 0.2) is 0 Å². The fourth-order valence-corrected chi connectivity index (χ4v) is 8.60. The van der Waals surface area contributed by atoms with E-state index in [9.17, 15) is 0 Å². The van der Waals surface area contributed by atoms with Gasteiger partial charge >= 0.3 is 511 Å². The van der Waals surface area contributed by atoms with E-state index in [2.05, 4.69) is 263 Å². The Bertz CT molecular complexity index is 1270. The van der Waals surface area contributed by atoms with E-state index in [0.717, 1.165) is 0 Å². The third kappa shape index (κ3) is 113. The molecule has 18 radical (unpaired) electrons. The van der Waals surface area contributed by atoms with Gasteiger partial charge < -0.3 is 0 Å². The standard InChI is InChI=1S/5C6H5.6C3H9Ge.C2H6Ge.3CH3.6Sb/c5*1-2-4-6-5-3-1;6*1-4(2)3;1-3-2;;;;;;;;;/h5*1-5H;6*1-3H3;1-2H3;3*1H3;;;;;;. The normalized spacial score (nSPS) is 8.71. The Morgan fingerprint density at radius 3 is 0.515 bits per heavy atom. The number of rotatable bonds is 4. The predicted molar refractivity (Wildman–Crippen MR) is 340 cm³/mol. The topological polar surface area (TPSA) is 0 Å². The Labute approximate surface area is 526 Å².